The van der Waals surface area contributed by atoms with Gasteiger partial charge in [0.1, 0.15) is 22.9 Å². The van der Waals surface area contributed by atoms with Crippen molar-refractivity contribution in [2.45, 2.75) is 57.2 Å². The van der Waals surface area contributed by atoms with Crippen molar-refractivity contribution in [3.63, 3.8) is 0 Å². The van der Waals surface area contributed by atoms with Crippen LogP contribution in [0.2, 0.25) is 0 Å². The predicted molar refractivity (Wildman–Crippen MR) is 92.7 cm³/mol. The lowest BCUT2D eigenvalue weighted by atomic mass is 10.0. The van der Waals surface area contributed by atoms with Gasteiger partial charge in [-0.2, -0.15) is 0 Å². The number of rotatable bonds is 6. The maximum atomic E-state index is 12.6. The molecule has 0 spiro atoms. The Labute approximate surface area is 151 Å². The summed E-state index contributed by atoms with van der Waals surface area (Å²) in [6.45, 7) is 5.10. The van der Waals surface area contributed by atoms with Gasteiger partial charge in [0.05, 0.1) is 0 Å². The molecule has 1 saturated carbocycles. The van der Waals surface area contributed by atoms with Gasteiger partial charge in [-0.1, -0.05) is 12.1 Å². The van der Waals surface area contributed by atoms with Crippen LogP contribution in [0, 0.1) is 0 Å². The lowest BCUT2D eigenvalue weighted by molar-refractivity contribution is -0.143. The Morgan fingerprint density at radius 3 is 2.23 bits per heavy atom. The summed E-state index contributed by atoms with van der Waals surface area (Å²) in [4.78, 5) is 35.9. The molecule has 0 unspecified atom stereocenters. The molecule has 1 aliphatic rings. The molecular formula is C18H24N2O6. The van der Waals surface area contributed by atoms with Crippen LogP contribution in [0.4, 0.5) is 4.79 Å². The molecule has 2 amide bonds. The standard InChI is InChI=1S/C18H24N2O6/c1-17(2,3)26-16(25)19-13(10-11-4-6-12(21)7-5-11)14(22)20-18(8-9-18)15(23)24/h4-7,13,21H,8-10H2,1-3H3,(H,19,25)(H,20,22)(H,23,24)/t13-/m0/s1. The Balaban J connectivity index is 2.12. The molecule has 0 aliphatic heterocycles. The van der Waals surface area contributed by atoms with E-state index in [0.717, 1.165) is 0 Å². The number of hydrogen-bond acceptors (Lipinski definition) is 5. The number of ether oxygens (including phenoxy) is 1. The Morgan fingerprint density at radius 1 is 1.19 bits per heavy atom. The topological polar surface area (TPSA) is 125 Å². The second-order valence-corrected chi connectivity index (χ2v) is 7.45. The zero-order valence-electron chi connectivity index (χ0n) is 15.0. The number of amides is 2. The summed E-state index contributed by atoms with van der Waals surface area (Å²) in [7, 11) is 0. The third kappa shape index (κ3) is 5.37. The van der Waals surface area contributed by atoms with E-state index >= 15 is 0 Å². The Kier molecular flexibility index (Phi) is 5.44. The van der Waals surface area contributed by atoms with Crippen LogP contribution in [-0.2, 0) is 20.7 Å². The van der Waals surface area contributed by atoms with Crippen molar-refractivity contribution in [1.29, 1.82) is 0 Å². The Bertz CT molecular complexity index is 689. The molecule has 26 heavy (non-hydrogen) atoms. The molecular weight excluding hydrogens is 340 g/mol. The first-order valence-electron chi connectivity index (χ1n) is 8.34. The molecule has 1 atom stereocenters. The highest BCUT2D eigenvalue weighted by Gasteiger charge is 2.52. The number of nitrogens with one attached hydrogen (secondary N) is 2. The minimum Gasteiger partial charge on any atom is -0.508 e. The van der Waals surface area contributed by atoms with Crippen LogP contribution in [0.3, 0.4) is 0 Å². The van der Waals surface area contributed by atoms with Gasteiger partial charge in [0.15, 0.2) is 0 Å². The van der Waals surface area contributed by atoms with Crippen LogP contribution in [0.25, 0.3) is 0 Å². The molecule has 0 heterocycles. The average molecular weight is 364 g/mol. The molecule has 1 aliphatic carbocycles. The smallest absolute Gasteiger partial charge is 0.408 e. The summed E-state index contributed by atoms with van der Waals surface area (Å²) in [6.07, 6.45) is 0.0662. The monoisotopic (exact) mass is 364 g/mol. The van der Waals surface area contributed by atoms with Gasteiger partial charge in [-0.15, -0.1) is 0 Å². The van der Waals surface area contributed by atoms with Crippen LogP contribution in [0.15, 0.2) is 24.3 Å². The fraction of sp³-hybridized carbons (Fsp3) is 0.500. The Morgan fingerprint density at radius 2 is 1.77 bits per heavy atom. The Hall–Kier alpha value is -2.77. The van der Waals surface area contributed by atoms with Crippen molar-refractivity contribution in [3.8, 4) is 5.75 Å². The van der Waals surface area contributed by atoms with Crippen molar-refractivity contribution in [3.05, 3.63) is 29.8 Å². The first-order chi connectivity index (χ1) is 12.0. The van der Waals surface area contributed by atoms with Crippen molar-refractivity contribution < 1.29 is 29.3 Å². The second-order valence-electron chi connectivity index (χ2n) is 7.45. The minimum atomic E-state index is -1.25. The molecule has 1 aromatic carbocycles. The van der Waals surface area contributed by atoms with Crippen LogP contribution in [-0.4, -0.2) is 45.4 Å². The van der Waals surface area contributed by atoms with Gasteiger partial charge in [-0.25, -0.2) is 9.59 Å². The molecule has 1 aromatic rings. The molecule has 0 saturated heterocycles. The van der Waals surface area contributed by atoms with Crippen LogP contribution in [0.5, 0.6) is 5.75 Å². The molecule has 0 aromatic heterocycles. The number of hydrogen-bond donors (Lipinski definition) is 4. The van der Waals surface area contributed by atoms with Crippen molar-refractivity contribution in [2.24, 2.45) is 0 Å². The predicted octanol–water partition coefficient (Wildman–Crippen LogP) is 1.56. The highest BCUT2D eigenvalue weighted by molar-refractivity contribution is 5.93. The minimum absolute atomic E-state index is 0.0812. The summed E-state index contributed by atoms with van der Waals surface area (Å²) in [5.74, 6) is -1.60. The third-order valence-corrected chi connectivity index (χ3v) is 3.91. The summed E-state index contributed by atoms with van der Waals surface area (Å²) < 4.78 is 5.18. The zero-order valence-corrected chi connectivity index (χ0v) is 15.0. The van der Waals surface area contributed by atoms with E-state index in [-0.39, 0.29) is 12.2 Å². The van der Waals surface area contributed by atoms with Crippen molar-refractivity contribution >= 4 is 18.0 Å². The van der Waals surface area contributed by atoms with Crippen LogP contribution in [0.1, 0.15) is 39.2 Å². The number of benzene rings is 1. The lowest BCUT2D eigenvalue weighted by Gasteiger charge is -2.24. The number of aliphatic carboxylic acids is 1. The molecule has 0 bridgehead atoms. The van der Waals surface area contributed by atoms with Crippen molar-refractivity contribution in [1.82, 2.24) is 10.6 Å². The second kappa shape index (κ2) is 7.23. The number of carboxylic acids is 1. The van der Waals surface area contributed by atoms with E-state index in [1.807, 2.05) is 0 Å². The van der Waals surface area contributed by atoms with E-state index in [0.29, 0.717) is 18.4 Å². The molecule has 2 rings (SSSR count). The molecule has 1 fully saturated rings. The average Bonchev–Trinajstić information content (AvgIpc) is 3.27. The van der Waals surface area contributed by atoms with E-state index in [1.54, 1.807) is 32.9 Å². The van der Waals surface area contributed by atoms with Crippen LogP contribution < -0.4 is 10.6 Å². The van der Waals surface area contributed by atoms with Gasteiger partial charge in [-0.05, 0) is 51.3 Å². The van der Waals surface area contributed by atoms with Gasteiger partial charge >= 0.3 is 12.1 Å². The largest absolute Gasteiger partial charge is 0.508 e. The highest BCUT2D eigenvalue weighted by Crippen LogP contribution is 2.35. The lowest BCUT2D eigenvalue weighted by Crippen LogP contribution is -2.54. The van der Waals surface area contributed by atoms with E-state index in [1.165, 1.54) is 12.1 Å². The number of carbonyl (C=O) groups is 3. The SMILES string of the molecule is CC(C)(C)OC(=O)N[C@@H](Cc1ccc(O)cc1)C(=O)NC1(C(=O)O)CC1. The first-order valence-corrected chi connectivity index (χ1v) is 8.34. The van der Waals surface area contributed by atoms with Crippen LogP contribution >= 0.6 is 0 Å². The number of carbonyl (C=O) groups excluding carboxylic acids is 2. The number of alkyl carbamates (subject to hydrolysis) is 1. The van der Waals surface area contributed by atoms with Gasteiger partial charge in [0.2, 0.25) is 5.91 Å². The summed E-state index contributed by atoms with van der Waals surface area (Å²) >= 11 is 0. The zero-order chi connectivity index (χ0) is 19.5. The van der Waals surface area contributed by atoms with E-state index in [9.17, 15) is 24.6 Å². The summed E-state index contributed by atoms with van der Waals surface area (Å²) in [5.41, 5.74) is -1.29. The van der Waals surface area contributed by atoms with E-state index < -0.39 is 35.2 Å². The van der Waals surface area contributed by atoms with Gasteiger partial charge < -0.3 is 25.6 Å². The highest BCUT2D eigenvalue weighted by atomic mass is 16.6. The van der Waals surface area contributed by atoms with Gasteiger partial charge in [0.25, 0.3) is 0 Å². The summed E-state index contributed by atoms with van der Waals surface area (Å²) in [6, 6.07) is 5.17. The van der Waals surface area contributed by atoms with Crippen molar-refractivity contribution in [2.75, 3.05) is 0 Å². The maximum Gasteiger partial charge on any atom is 0.408 e. The maximum absolute atomic E-state index is 12.6. The number of phenolic OH excluding ortho intramolecular Hbond substituents is 1. The molecule has 0 radical (unpaired) electrons. The quantitative estimate of drug-likeness (QED) is 0.607. The third-order valence-electron chi connectivity index (χ3n) is 3.91. The number of phenols is 1. The molecule has 142 valence electrons. The number of carboxylic acid groups (broad SMARTS) is 1. The van der Waals surface area contributed by atoms with Gasteiger partial charge in [-0.3, -0.25) is 4.79 Å². The van der Waals surface area contributed by atoms with Gasteiger partial charge in [0, 0.05) is 6.42 Å². The molecule has 4 N–H and O–H groups in total. The molecule has 8 nitrogen and oxygen atoms in total. The normalized spacial score (nSPS) is 16.3. The first kappa shape index (κ1) is 19.6. The van der Waals surface area contributed by atoms with E-state index in [4.69, 9.17) is 4.74 Å². The fourth-order valence-electron chi connectivity index (χ4n) is 2.37. The number of aromatic hydroxyl groups is 1. The van der Waals surface area contributed by atoms with E-state index in [2.05, 4.69) is 10.6 Å². The summed E-state index contributed by atoms with van der Waals surface area (Å²) in [5, 5.41) is 23.6. The fourth-order valence-corrected chi connectivity index (χ4v) is 2.37. The molecule has 8 heteroatoms.